The van der Waals surface area contributed by atoms with Crippen molar-refractivity contribution >= 4 is 39.1 Å². The highest BCUT2D eigenvalue weighted by Crippen LogP contribution is 2.31. The van der Waals surface area contributed by atoms with Gasteiger partial charge in [-0.1, -0.05) is 67.8 Å². The lowest BCUT2D eigenvalue weighted by atomic mass is 9.80. The van der Waals surface area contributed by atoms with Gasteiger partial charge in [-0.3, -0.25) is 19.3 Å². The maximum Gasteiger partial charge on any atom is 0.262 e. The van der Waals surface area contributed by atoms with Crippen molar-refractivity contribution in [1.29, 1.82) is 0 Å². The van der Waals surface area contributed by atoms with E-state index >= 15 is 0 Å². The number of thiophene rings is 1. The van der Waals surface area contributed by atoms with Crippen LogP contribution in [-0.4, -0.2) is 72.6 Å². The summed E-state index contributed by atoms with van der Waals surface area (Å²) in [6.07, 6.45) is 5.39. The maximum atomic E-state index is 14.0. The van der Waals surface area contributed by atoms with Gasteiger partial charge in [0.2, 0.25) is 11.8 Å². The van der Waals surface area contributed by atoms with Crippen LogP contribution in [0.25, 0.3) is 10.1 Å². The Morgan fingerprint density at radius 3 is 2.40 bits per heavy atom. The molecule has 2 aromatic carbocycles. The molecule has 43 heavy (non-hydrogen) atoms. The van der Waals surface area contributed by atoms with Crippen molar-refractivity contribution in [1.82, 2.24) is 20.9 Å². The molecule has 3 atom stereocenters. The minimum atomic E-state index is -1.05. The van der Waals surface area contributed by atoms with Gasteiger partial charge in [0, 0.05) is 37.3 Å². The van der Waals surface area contributed by atoms with E-state index in [-0.39, 0.29) is 29.9 Å². The van der Waals surface area contributed by atoms with E-state index in [1.807, 2.05) is 60.7 Å². The first-order chi connectivity index (χ1) is 20.8. The molecule has 3 amide bonds. The monoisotopic (exact) mass is 604 g/mol. The number of carbonyl (C=O) groups is 3. The molecule has 0 bridgehead atoms. The third kappa shape index (κ3) is 8.22. The summed E-state index contributed by atoms with van der Waals surface area (Å²) in [5.41, 5.74) is -0.0870. The Bertz CT molecular complexity index is 1340. The van der Waals surface area contributed by atoms with Crippen LogP contribution in [0.3, 0.4) is 0 Å². The minimum Gasteiger partial charge on any atom is -0.373 e. The number of amides is 3. The van der Waals surface area contributed by atoms with Gasteiger partial charge < -0.3 is 20.7 Å². The second kappa shape index (κ2) is 14.5. The highest BCUT2D eigenvalue weighted by atomic mass is 32.1. The van der Waals surface area contributed by atoms with E-state index in [1.54, 1.807) is 0 Å². The topological polar surface area (TPSA) is 99.8 Å². The van der Waals surface area contributed by atoms with Crippen molar-refractivity contribution in [3.05, 3.63) is 71.1 Å². The van der Waals surface area contributed by atoms with Crippen LogP contribution in [0.1, 0.15) is 67.6 Å². The molecule has 2 heterocycles. The molecular weight excluding hydrogens is 560 g/mol. The van der Waals surface area contributed by atoms with E-state index < -0.39 is 11.6 Å². The van der Waals surface area contributed by atoms with Gasteiger partial charge in [-0.2, -0.15) is 0 Å². The lowest BCUT2D eigenvalue weighted by molar-refractivity contribution is -0.133. The number of carbonyl (C=O) groups excluding carboxylic acids is 3. The number of hydrogen-bond acceptors (Lipinski definition) is 6. The number of hydrogen-bond donors (Lipinski definition) is 3. The average Bonchev–Trinajstić information content (AvgIpc) is 3.44. The Labute approximate surface area is 258 Å². The molecule has 0 spiro atoms. The van der Waals surface area contributed by atoms with Crippen molar-refractivity contribution in [2.75, 3.05) is 26.2 Å². The number of nitrogens with zero attached hydrogens (tertiary/aromatic N) is 1. The Morgan fingerprint density at radius 1 is 0.977 bits per heavy atom. The van der Waals surface area contributed by atoms with Crippen molar-refractivity contribution in [3.8, 4) is 0 Å². The molecular formula is C34H44N4O4S. The average molecular weight is 605 g/mol. The summed E-state index contributed by atoms with van der Waals surface area (Å²) in [5.74, 6) is -0.731. The normalized spacial score (nSPS) is 21.2. The second-order valence-corrected chi connectivity index (χ2v) is 13.2. The fourth-order valence-corrected chi connectivity index (χ4v) is 7.35. The van der Waals surface area contributed by atoms with E-state index in [9.17, 15) is 14.4 Å². The smallest absolute Gasteiger partial charge is 0.262 e. The van der Waals surface area contributed by atoms with Crippen LogP contribution in [0.2, 0.25) is 0 Å². The number of fused-ring (bicyclic) bond motifs is 1. The molecule has 2 aliphatic rings. The number of benzene rings is 2. The molecule has 1 aromatic heterocycles. The highest BCUT2D eigenvalue weighted by Gasteiger charge is 2.42. The van der Waals surface area contributed by atoms with E-state index in [0.29, 0.717) is 30.7 Å². The summed E-state index contributed by atoms with van der Waals surface area (Å²) in [4.78, 5) is 44.0. The van der Waals surface area contributed by atoms with Crippen LogP contribution in [0, 0.1) is 0 Å². The van der Waals surface area contributed by atoms with Gasteiger partial charge in [-0.15, -0.1) is 11.3 Å². The van der Waals surface area contributed by atoms with Crippen molar-refractivity contribution in [2.24, 2.45) is 0 Å². The molecule has 8 nitrogen and oxygen atoms in total. The van der Waals surface area contributed by atoms with E-state index in [1.165, 1.54) is 11.3 Å². The van der Waals surface area contributed by atoms with E-state index in [2.05, 4.69) is 34.7 Å². The predicted molar refractivity (Wildman–Crippen MR) is 171 cm³/mol. The standard InChI is InChI=1S/C34H44N4O4S/c1-24-22-38(23-25(2)42-24)19-11-18-35-31(39)28(20-26-12-5-3-6-13-26)36-33(41)34(16-9-4-10-17-34)37-32(40)30-21-27-14-7-8-15-29(27)43-30/h3,5-8,12-15,21,24-25,28H,4,9-11,16-20,22-23H2,1-2H3,(H,35,39)(H,36,41)(H,37,40). The summed E-state index contributed by atoms with van der Waals surface area (Å²) in [7, 11) is 0. The molecule has 1 saturated carbocycles. The van der Waals surface area contributed by atoms with Gasteiger partial charge in [0.05, 0.1) is 17.1 Å². The van der Waals surface area contributed by atoms with Crippen molar-refractivity contribution in [3.63, 3.8) is 0 Å². The first-order valence-electron chi connectivity index (χ1n) is 15.6. The Balaban J connectivity index is 1.25. The fraction of sp³-hybridized carbons (Fsp3) is 0.500. The van der Waals surface area contributed by atoms with Crippen LogP contribution >= 0.6 is 11.3 Å². The van der Waals surface area contributed by atoms with Gasteiger partial charge in [0.25, 0.3) is 5.91 Å². The molecule has 3 N–H and O–H groups in total. The zero-order chi connectivity index (χ0) is 30.2. The second-order valence-electron chi connectivity index (χ2n) is 12.1. The molecule has 1 aliphatic heterocycles. The van der Waals surface area contributed by atoms with E-state index in [0.717, 1.165) is 61.0 Å². The quantitative estimate of drug-likeness (QED) is 0.276. The fourth-order valence-electron chi connectivity index (χ4n) is 6.40. The summed E-state index contributed by atoms with van der Waals surface area (Å²) < 4.78 is 6.86. The third-order valence-electron chi connectivity index (χ3n) is 8.49. The van der Waals surface area contributed by atoms with Gasteiger partial charge in [-0.25, -0.2) is 0 Å². The summed E-state index contributed by atoms with van der Waals surface area (Å²) in [6.45, 7) is 7.35. The molecule has 1 saturated heterocycles. The Kier molecular flexibility index (Phi) is 10.5. The van der Waals surface area contributed by atoms with Gasteiger partial charge >= 0.3 is 0 Å². The minimum absolute atomic E-state index is 0.204. The van der Waals surface area contributed by atoms with Crippen LogP contribution in [-0.2, 0) is 20.7 Å². The molecule has 230 valence electrons. The molecule has 9 heteroatoms. The molecule has 1 aliphatic carbocycles. The zero-order valence-electron chi connectivity index (χ0n) is 25.3. The zero-order valence-corrected chi connectivity index (χ0v) is 26.1. The van der Waals surface area contributed by atoms with Crippen molar-refractivity contribution < 1.29 is 19.1 Å². The lowest BCUT2D eigenvalue weighted by Crippen LogP contribution is -2.63. The van der Waals surface area contributed by atoms with Crippen LogP contribution in [0.15, 0.2) is 60.7 Å². The third-order valence-corrected chi connectivity index (χ3v) is 9.61. The number of morpholine rings is 1. The summed E-state index contributed by atoms with van der Waals surface area (Å²) in [5, 5.41) is 10.3. The first-order valence-corrected chi connectivity index (χ1v) is 16.4. The molecule has 2 fully saturated rings. The lowest BCUT2D eigenvalue weighted by Gasteiger charge is -2.37. The molecule has 3 aromatic rings. The predicted octanol–water partition coefficient (Wildman–Crippen LogP) is 4.68. The SMILES string of the molecule is CC1CN(CCCNC(=O)C(Cc2ccccc2)NC(=O)C2(NC(=O)c3cc4ccccc4s3)CCCCC2)CC(C)O1. The van der Waals surface area contributed by atoms with E-state index in [4.69, 9.17) is 4.74 Å². The maximum absolute atomic E-state index is 14.0. The van der Waals surface area contributed by atoms with Crippen LogP contribution in [0.5, 0.6) is 0 Å². The summed E-state index contributed by atoms with van der Waals surface area (Å²) in [6, 6.07) is 18.8. The molecule has 0 radical (unpaired) electrons. The number of nitrogens with one attached hydrogen (secondary N) is 3. The molecule has 3 unspecified atom stereocenters. The Hall–Kier alpha value is -3.27. The molecule has 5 rings (SSSR count). The van der Waals surface area contributed by atoms with Crippen LogP contribution in [0.4, 0.5) is 0 Å². The van der Waals surface area contributed by atoms with Gasteiger partial charge in [0.1, 0.15) is 11.6 Å². The van der Waals surface area contributed by atoms with Crippen molar-refractivity contribution in [2.45, 2.75) is 82.6 Å². The first kappa shape index (κ1) is 31.2. The number of ether oxygens (including phenoxy) is 1. The van der Waals surface area contributed by atoms with Gasteiger partial charge in [0.15, 0.2) is 0 Å². The Morgan fingerprint density at radius 2 is 1.67 bits per heavy atom. The highest BCUT2D eigenvalue weighted by molar-refractivity contribution is 7.20. The van der Waals surface area contributed by atoms with Gasteiger partial charge in [-0.05, 0) is 56.2 Å². The number of rotatable bonds is 11. The summed E-state index contributed by atoms with van der Waals surface area (Å²) >= 11 is 1.43. The largest absolute Gasteiger partial charge is 0.373 e. The van der Waals surface area contributed by atoms with Crippen LogP contribution < -0.4 is 16.0 Å².